The number of hydrogen-bond acceptors (Lipinski definition) is 1. The monoisotopic (exact) mass is 166 g/mol. The largest absolute Gasteiger partial charge is 0.382 e. The Kier molecular flexibility index (Phi) is 9.48. The molecule has 0 aliphatic heterocycles. The first-order valence-electron chi connectivity index (χ1n) is 4.47. The lowest BCUT2D eigenvalue weighted by atomic mass is 10.4. The van der Waals surface area contributed by atoms with Crippen LogP contribution in [0, 0.1) is 0 Å². The lowest BCUT2D eigenvalue weighted by molar-refractivity contribution is 0.162. The van der Waals surface area contributed by atoms with E-state index in [9.17, 15) is 0 Å². The van der Waals surface area contributed by atoms with E-state index in [-0.39, 0.29) is 0 Å². The van der Waals surface area contributed by atoms with Gasteiger partial charge in [0.05, 0.1) is 0 Å². The van der Waals surface area contributed by atoms with Gasteiger partial charge < -0.3 is 4.74 Å². The third-order valence-corrected chi connectivity index (χ3v) is 1.29. The van der Waals surface area contributed by atoms with Gasteiger partial charge in [-0.25, -0.2) is 0 Å². The fourth-order valence-electron chi connectivity index (χ4n) is 0.725. The SMILES string of the molecule is C1=CC=CCC=C1.CCOCC. The molecule has 1 nitrogen and oxygen atoms in total. The molecular weight excluding hydrogens is 148 g/mol. The molecule has 0 fully saturated rings. The van der Waals surface area contributed by atoms with E-state index in [4.69, 9.17) is 4.74 Å². The highest BCUT2D eigenvalue weighted by molar-refractivity contribution is 5.16. The second-order valence-corrected chi connectivity index (χ2v) is 2.26. The molecule has 0 spiro atoms. The highest BCUT2D eigenvalue weighted by Gasteiger charge is 1.70. The van der Waals surface area contributed by atoms with Gasteiger partial charge in [-0.1, -0.05) is 36.5 Å². The average molecular weight is 166 g/mol. The fraction of sp³-hybridized carbons (Fsp3) is 0.455. The summed E-state index contributed by atoms with van der Waals surface area (Å²) in [7, 11) is 0. The van der Waals surface area contributed by atoms with E-state index < -0.39 is 0 Å². The molecule has 0 radical (unpaired) electrons. The molecule has 1 aliphatic carbocycles. The van der Waals surface area contributed by atoms with Gasteiger partial charge in [-0.05, 0) is 20.3 Å². The van der Waals surface area contributed by atoms with Crippen LogP contribution in [0.2, 0.25) is 0 Å². The molecule has 0 aromatic rings. The first-order valence-corrected chi connectivity index (χ1v) is 4.47. The van der Waals surface area contributed by atoms with Gasteiger partial charge in [0.15, 0.2) is 0 Å². The van der Waals surface area contributed by atoms with Gasteiger partial charge in [-0.2, -0.15) is 0 Å². The van der Waals surface area contributed by atoms with Crippen molar-refractivity contribution in [3.05, 3.63) is 36.5 Å². The van der Waals surface area contributed by atoms with Crippen LogP contribution < -0.4 is 0 Å². The summed E-state index contributed by atoms with van der Waals surface area (Å²) in [5.41, 5.74) is 0. The van der Waals surface area contributed by atoms with Crippen molar-refractivity contribution < 1.29 is 4.74 Å². The molecule has 0 aromatic carbocycles. The zero-order valence-corrected chi connectivity index (χ0v) is 7.99. The first kappa shape index (κ1) is 11.2. The van der Waals surface area contributed by atoms with Crippen molar-refractivity contribution in [1.29, 1.82) is 0 Å². The molecular formula is C11H18O. The topological polar surface area (TPSA) is 9.23 Å². The molecule has 0 aromatic heterocycles. The molecule has 0 amide bonds. The van der Waals surface area contributed by atoms with E-state index in [1.165, 1.54) is 0 Å². The number of rotatable bonds is 2. The third kappa shape index (κ3) is 9.18. The zero-order chi connectivity index (χ0) is 9.07. The van der Waals surface area contributed by atoms with Crippen LogP contribution in [-0.4, -0.2) is 13.2 Å². The van der Waals surface area contributed by atoms with Crippen LogP contribution in [0.15, 0.2) is 36.5 Å². The second-order valence-electron chi connectivity index (χ2n) is 2.26. The fourth-order valence-corrected chi connectivity index (χ4v) is 0.725. The van der Waals surface area contributed by atoms with Crippen LogP contribution in [0.5, 0.6) is 0 Å². The Hall–Kier alpha value is -0.820. The quantitative estimate of drug-likeness (QED) is 0.612. The van der Waals surface area contributed by atoms with Crippen LogP contribution in [0.25, 0.3) is 0 Å². The van der Waals surface area contributed by atoms with Crippen molar-refractivity contribution in [1.82, 2.24) is 0 Å². The van der Waals surface area contributed by atoms with Gasteiger partial charge in [-0.15, -0.1) is 0 Å². The summed E-state index contributed by atoms with van der Waals surface area (Å²) in [6.45, 7) is 5.67. The summed E-state index contributed by atoms with van der Waals surface area (Å²) in [5, 5.41) is 0. The van der Waals surface area contributed by atoms with Gasteiger partial charge in [0, 0.05) is 13.2 Å². The van der Waals surface area contributed by atoms with E-state index >= 15 is 0 Å². The zero-order valence-electron chi connectivity index (χ0n) is 7.99. The second kappa shape index (κ2) is 10.2. The maximum absolute atomic E-state index is 4.83. The Bertz CT molecular complexity index is 138. The Morgan fingerprint density at radius 1 is 0.917 bits per heavy atom. The Labute approximate surface area is 75.4 Å². The highest BCUT2D eigenvalue weighted by atomic mass is 16.5. The molecule has 0 N–H and O–H groups in total. The van der Waals surface area contributed by atoms with E-state index in [1.54, 1.807) is 0 Å². The summed E-state index contributed by atoms with van der Waals surface area (Å²) in [4.78, 5) is 0. The molecule has 0 heterocycles. The minimum Gasteiger partial charge on any atom is -0.382 e. The lowest BCUT2D eigenvalue weighted by Gasteiger charge is -1.86. The van der Waals surface area contributed by atoms with Crippen LogP contribution in [0.4, 0.5) is 0 Å². The van der Waals surface area contributed by atoms with Gasteiger partial charge in [0.2, 0.25) is 0 Å². The van der Waals surface area contributed by atoms with Crippen LogP contribution in [-0.2, 0) is 4.74 Å². The van der Waals surface area contributed by atoms with E-state index in [0.29, 0.717) is 0 Å². The Morgan fingerprint density at radius 2 is 1.42 bits per heavy atom. The van der Waals surface area contributed by atoms with Crippen LogP contribution >= 0.6 is 0 Å². The van der Waals surface area contributed by atoms with Crippen LogP contribution in [0.1, 0.15) is 20.3 Å². The minimum atomic E-state index is 0.844. The highest BCUT2D eigenvalue weighted by Crippen LogP contribution is 1.91. The van der Waals surface area contributed by atoms with Gasteiger partial charge in [-0.3, -0.25) is 0 Å². The first-order chi connectivity index (χ1) is 5.91. The van der Waals surface area contributed by atoms with E-state index in [2.05, 4.69) is 24.3 Å². The molecule has 0 bridgehead atoms. The lowest BCUT2D eigenvalue weighted by Crippen LogP contribution is -1.84. The molecule has 1 aliphatic rings. The van der Waals surface area contributed by atoms with E-state index in [1.807, 2.05) is 26.0 Å². The summed E-state index contributed by atoms with van der Waals surface area (Å²) >= 11 is 0. The maximum Gasteiger partial charge on any atom is 0.0437 e. The summed E-state index contributed by atoms with van der Waals surface area (Å²) in [6, 6.07) is 0. The Balaban J connectivity index is 0.000000217. The van der Waals surface area contributed by atoms with E-state index in [0.717, 1.165) is 19.6 Å². The molecule has 0 atom stereocenters. The molecule has 1 heteroatoms. The van der Waals surface area contributed by atoms with Crippen molar-refractivity contribution in [2.24, 2.45) is 0 Å². The molecule has 68 valence electrons. The standard InChI is InChI=1S/C7H8.C4H10O/c1-2-4-6-7-5-3-1;1-3-5-4-2/h1-6H,7H2;3-4H2,1-2H3. The molecule has 1 rings (SSSR count). The van der Waals surface area contributed by atoms with Crippen molar-refractivity contribution >= 4 is 0 Å². The maximum atomic E-state index is 4.83. The molecule has 0 saturated heterocycles. The van der Waals surface area contributed by atoms with Crippen molar-refractivity contribution in [3.63, 3.8) is 0 Å². The van der Waals surface area contributed by atoms with Crippen molar-refractivity contribution in [3.8, 4) is 0 Å². The summed E-state index contributed by atoms with van der Waals surface area (Å²) in [5.74, 6) is 0. The van der Waals surface area contributed by atoms with Crippen molar-refractivity contribution in [2.45, 2.75) is 20.3 Å². The average Bonchev–Trinajstić information content (AvgIpc) is 2.37. The van der Waals surface area contributed by atoms with Crippen molar-refractivity contribution in [2.75, 3.05) is 13.2 Å². The minimum absolute atomic E-state index is 0.844. The summed E-state index contributed by atoms with van der Waals surface area (Å²) < 4.78 is 4.83. The third-order valence-electron chi connectivity index (χ3n) is 1.29. The molecule has 12 heavy (non-hydrogen) atoms. The predicted octanol–water partition coefficient (Wildman–Crippen LogP) is 3.10. The normalized spacial score (nSPS) is 13.5. The predicted molar refractivity (Wildman–Crippen MR) is 54.2 cm³/mol. The van der Waals surface area contributed by atoms with Gasteiger partial charge in [0.25, 0.3) is 0 Å². The van der Waals surface area contributed by atoms with Gasteiger partial charge in [0.1, 0.15) is 0 Å². The number of ether oxygens (including phenoxy) is 1. The van der Waals surface area contributed by atoms with Gasteiger partial charge >= 0.3 is 0 Å². The number of allylic oxidation sites excluding steroid dienone is 6. The Morgan fingerprint density at radius 3 is 1.75 bits per heavy atom. The number of hydrogen-bond donors (Lipinski definition) is 0. The smallest absolute Gasteiger partial charge is 0.0437 e. The molecule has 0 unspecified atom stereocenters. The summed E-state index contributed by atoms with van der Waals surface area (Å²) in [6.07, 6.45) is 13.5. The molecule has 0 saturated carbocycles. The van der Waals surface area contributed by atoms with Crippen LogP contribution in [0.3, 0.4) is 0 Å².